The smallest absolute Gasteiger partial charge is 0.326 e. The summed E-state index contributed by atoms with van der Waals surface area (Å²) in [5.41, 5.74) is 0. The molecule has 0 aromatic rings. The molecule has 4 unspecified atom stereocenters. The molecule has 0 spiro atoms. The Morgan fingerprint density at radius 3 is 2.60 bits per heavy atom. The molecule has 2 aliphatic rings. The molecule has 5 heteroatoms. The summed E-state index contributed by atoms with van der Waals surface area (Å²) in [5, 5.41) is 12.2. The topological polar surface area (TPSA) is 69.6 Å². The third-order valence-electron chi connectivity index (χ3n) is 4.97. The van der Waals surface area contributed by atoms with E-state index in [9.17, 15) is 14.7 Å². The molecule has 20 heavy (non-hydrogen) atoms. The van der Waals surface area contributed by atoms with E-state index in [4.69, 9.17) is 0 Å². The number of carboxylic acids is 1. The summed E-state index contributed by atoms with van der Waals surface area (Å²) < 4.78 is 0. The van der Waals surface area contributed by atoms with Crippen molar-refractivity contribution in [1.29, 1.82) is 0 Å². The summed E-state index contributed by atoms with van der Waals surface area (Å²) in [6.45, 7) is 5.50. The van der Waals surface area contributed by atoms with E-state index < -0.39 is 12.0 Å². The van der Waals surface area contributed by atoms with Crippen LogP contribution in [0, 0.1) is 17.8 Å². The highest BCUT2D eigenvalue weighted by atomic mass is 16.4. The van der Waals surface area contributed by atoms with E-state index in [0.29, 0.717) is 37.3 Å². The first kappa shape index (κ1) is 15.1. The molecule has 5 nitrogen and oxygen atoms in total. The second-order valence-electron chi connectivity index (χ2n) is 6.53. The molecule has 2 amide bonds. The fourth-order valence-corrected chi connectivity index (χ4v) is 3.46. The Kier molecular flexibility index (Phi) is 4.89. The fraction of sp³-hybridized carbons (Fsp3) is 0.867. The molecule has 0 radical (unpaired) electrons. The van der Waals surface area contributed by atoms with Crippen LogP contribution in [0.5, 0.6) is 0 Å². The molecule has 1 heterocycles. The summed E-state index contributed by atoms with van der Waals surface area (Å²) in [6, 6.07) is -0.872. The summed E-state index contributed by atoms with van der Waals surface area (Å²) in [6.07, 6.45) is 5.08. The second-order valence-corrected chi connectivity index (χ2v) is 6.53. The van der Waals surface area contributed by atoms with Gasteiger partial charge in [-0.2, -0.15) is 0 Å². The number of likely N-dealkylation sites (tertiary alicyclic amines) is 1. The van der Waals surface area contributed by atoms with Crippen LogP contribution in [0.1, 0.15) is 46.0 Å². The van der Waals surface area contributed by atoms with Crippen LogP contribution >= 0.6 is 0 Å². The number of rotatable bonds is 3. The fourth-order valence-electron chi connectivity index (χ4n) is 3.46. The SMILES string of the molecule is CC1CCN(C(=O)NCC2CCCC2C)C(C(=O)O)C1. The van der Waals surface area contributed by atoms with Crippen LogP contribution in [0.4, 0.5) is 4.79 Å². The van der Waals surface area contributed by atoms with E-state index in [-0.39, 0.29) is 6.03 Å². The Labute approximate surface area is 120 Å². The molecule has 0 aromatic carbocycles. The van der Waals surface area contributed by atoms with Gasteiger partial charge in [0, 0.05) is 13.1 Å². The van der Waals surface area contributed by atoms with E-state index in [1.54, 1.807) is 0 Å². The van der Waals surface area contributed by atoms with E-state index in [1.165, 1.54) is 24.2 Å². The van der Waals surface area contributed by atoms with Crippen molar-refractivity contribution in [3.05, 3.63) is 0 Å². The zero-order valence-electron chi connectivity index (χ0n) is 12.5. The van der Waals surface area contributed by atoms with Crippen molar-refractivity contribution in [2.24, 2.45) is 17.8 Å². The van der Waals surface area contributed by atoms with Crippen LogP contribution in [0.25, 0.3) is 0 Å². The zero-order chi connectivity index (χ0) is 14.7. The lowest BCUT2D eigenvalue weighted by Gasteiger charge is -2.36. The number of urea groups is 1. The molecule has 1 aliphatic carbocycles. The van der Waals surface area contributed by atoms with E-state index in [1.807, 2.05) is 6.92 Å². The quantitative estimate of drug-likeness (QED) is 0.834. The van der Waals surface area contributed by atoms with Crippen LogP contribution in [0.15, 0.2) is 0 Å². The predicted octanol–water partition coefficient (Wildman–Crippen LogP) is 2.32. The largest absolute Gasteiger partial charge is 0.480 e. The van der Waals surface area contributed by atoms with Gasteiger partial charge in [-0.15, -0.1) is 0 Å². The number of amides is 2. The van der Waals surface area contributed by atoms with Gasteiger partial charge in [0.2, 0.25) is 0 Å². The molecule has 2 fully saturated rings. The number of nitrogens with zero attached hydrogens (tertiary/aromatic N) is 1. The molecule has 1 aliphatic heterocycles. The van der Waals surface area contributed by atoms with Crippen LogP contribution < -0.4 is 5.32 Å². The third kappa shape index (κ3) is 3.44. The van der Waals surface area contributed by atoms with Crippen molar-refractivity contribution < 1.29 is 14.7 Å². The molecule has 1 saturated carbocycles. The normalized spacial score (nSPS) is 34.0. The highest BCUT2D eigenvalue weighted by Gasteiger charge is 2.35. The number of piperidine rings is 1. The highest BCUT2D eigenvalue weighted by Crippen LogP contribution is 2.30. The van der Waals surface area contributed by atoms with Gasteiger partial charge in [-0.1, -0.05) is 26.7 Å². The Morgan fingerprint density at radius 1 is 1.25 bits per heavy atom. The number of hydrogen-bond acceptors (Lipinski definition) is 2. The van der Waals surface area contributed by atoms with Crippen molar-refractivity contribution in [3.8, 4) is 0 Å². The molecular formula is C15H26N2O3. The number of carbonyl (C=O) groups is 2. The van der Waals surface area contributed by atoms with E-state index in [2.05, 4.69) is 12.2 Å². The Bertz CT molecular complexity index is 372. The lowest BCUT2D eigenvalue weighted by Crippen LogP contribution is -2.53. The maximum absolute atomic E-state index is 12.2. The maximum Gasteiger partial charge on any atom is 0.326 e. The number of carbonyl (C=O) groups excluding carboxylic acids is 1. The first-order valence-corrected chi connectivity index (χ1v) is 7.76. The second kappa shape index (κ2) is 6.46. The van der Waals surface area contributed by atoms with Gasteiger partial charge in [-0.3, -0.25) is 0 Å². The average molecular weight is 282 g/mol. The van der Waals surface area contributed by atoms with Gasteiger partial charge in [-0.25, -0.2) is 9.59 Å². The third-order valence-corrected chi connectivity index (χ3v) is 4.97. The molecule has 114 valence electrons. The van der Waals surface area contributed by atoms with Crippen molar-refractivity contribution >= 4 is 12.0 Å². The minimum atomic E-state index is -0.888. The van der Waals surface area contributed by atoms with Gasteiger partial charge in [0.15, 0.2) is 0 Å². The number of aliphatic carboxylic acids is 1. The lowest BCUT2D eigenvalue weighted by atomic mass is 9.92. The molecule has 4 atom stereocenters. The van der Waals surface area contributed by atoms with Gasteiger partial charge in [0.05, 0.1) is 0 Å². The van der Waals surface area contributed by atoms with Gasteiger partial charge in [0.1, 0.15) is 6.04 Å². The van der Waals surface area contributed by atoms with Crippen LogP contribution in [0.3, 0.4) is 0 Å². The minimum Gasteiger partial charge on any atom is -0.480 e. The Morgan fingerprint density at radius 2 is 2.00 bits per heavy atom. The first-order chi connectivity index (χ1) is 9.49. The Balaban J connectivity index is 1.88. The van der Waals surface area contributed by atoms with Crippen molar-refractivity contribution in [3.63, 3.8) is 0 Å². The number of hydrogen-bond donors (Lipinski definition) is 2. The van der Waals surface area contributed by atoms with Crippen LogP contribution in [-0.2, 0) is 4.79 Å². The van der Waals surface area contributed by atoms with Gasteiger partial charge in [-0.05, 0) is 37.0 Å². The number of nitrogens with one attached hydrogen (secondary N) is 1. The highest BCUT2D eigenvalue weighted by molar-refractivity contribution is 5.82. The van der Waals surface area contributed by atoms with Crippen molar-refractivity contribution in [1.82, 2.24) is 10.2 Å². The van der Waals surface area contributed by atoms with Gasteiger partial charge in [0.25, 0.3) is 0 Å². The van der Waals surface area contributed by atoms with E-state index >= 15 is 0 Å². The summed E-state index contributed by atoms with van der Waals surface area (Å²) >= 11 is 0. The number of carboxylic acid groups (broad SMARTS) is 1. The molecule has 2 N–H and O–H groups in total. The minimum absolute atomic E-state index is 0.205. The molecule has 0 bridgehead atoms. The van der Waals surface area contributed by atoms with E-state index in [0.717, 1.165) is 6.42 Å². The zero-order valence-corrected chi connectivity index (χ0v) is 12.5. The molecule has 2 rings (SSSR count). The van der Waals surface area contributed by atoms with Gasteiger partial charge >= 0.3 is 12.0 Å². The molecule has 1 saturated heterocycles. The first-order valence-electron chi connectivity index (χ1n) is 7.76. The Hall–Kier alpha value is -1.26. The predicted molar refractivity (Wildman–Crippen MR) is 76.4 cm³/mol. The van der Waals surface area contributed by atoms with Crippen molar-refractivity contribution in [2.45, 2.75) is 52.0 Å². The summed E-state index contributed by atoms with van der Waals surface area (Å²) in [7, 11) is 0. The molecular weight excluding hydrogens is 256 g/mol. The molecule has 0 aromatic heterocycles. The average Bonchev–Trinajstić information content (AvgIpc) is 2.81. The summed E-state index contributed by atoms with van der Waals surface area (Å²) in [4.78, 5) is 25.0. The standard InChI is InChI=1S/C15H26N2O3/c1-10-6-7-17(13(8-10)14(18)19)15(20)16-9-12-5-3-4-11(12)2/h10-13H,3-9H2,1-2H3,(H,16,20)(H,18,19). The monoisotopic (exact) mass is 282 g/mol. The van der Waals surface area contributed by atoms with Crippen molar-refractivity contribution in [2.75, 3.05) is 13.1 Å². The van der Waals surface area contributed by atoms with Crippen LogP contribution in [-0.4, -0.2) is 41.1 Å². The summed E-state index contributed by atoms with van der Waals surface area (Å²) in [5.74, 6) is 0.689. The lowest BCUT2D eigenvalue weighted by molar-refractivity contribution is -0.143. The maximum atomic E-state index is 12.2. The van der Waals surface area contributed by atoms with Gasteiger partial charge < -0.3 is 15.3 Å². The van der Waals surface area contributed by atoms with Crippen LogP contribution in [0.2, 0.25) is 0 Å².